The standard InChI is InChI=1S/C32H34ClN11O3S/c1-20(14-42-19-37-40-41-42)47-29-10-21(2-7-27(29)33)22-12-35-32(36-13-22)38-28-16-44(39-31(28)46-18-30-34-8-9-48-30)24-5-3-23(4-6-24)43-15-26-11-25(43)17-45-26/h2,7-10,12-13,15-16,19-20,23-25H,3-6,11,14,17-18H2,1H3,(H,35,36,38)/t20-,23-,24-,25+/m0/s1. The lowest BCUT2D eigenvalue weighted by molar-refractivity contribution is 0.106. The van der Waals surface area contributed by atoms with Gasteiger partial charge in [-0.2, -0.15) is 0 Å². The fourth-order valence-electron chi connectivity index (χ4n) is 6.56. The lowest BCUT2D eigenvalue weighted by Crippen LogP contribution is -2.41. The van der Waals surface area contributed by atoms with E-state index < -0.39 is 0 Å². The maximum atomic E-state index is 6.46. The van der Waals surface area contributed by atoms with E-state index in [0.29, 0.717) is 53.5 Å². The topological polar surface area (TPSA) is 143 Å². The minimum Gasteiger partial charge on any atom is -0.494 e. The number of aromatic nitrogens is 9. The van der Waals surface area contributed by atoms with Crippen LogP contribution in [0.5, 0.6) is 11.6 Å². The largest absolute Gasteiger partial charge is 0.494 e. The van der Waals surface area contributed by atoms with Crippen LogP contribution in [0, 0.1) is 0 Å². The van der Waals surface area contributed by atoms with Crippen molar-refractivity contribution >= 4 is 34.6 Å². The molecule has 0 amide bonds. The van der Waals surface area contributed by atoms with Crippen molar-refractivity contribution in [1.82, 2.24) is 49.8 Å². The predicted molar refractivity (Wildman–Crippen MR) is 178 cm³/mol. The number of fused-ring (bicyclic) bond motifs is 2. The average Bonchev–Trinajstić information content (AvgIpc) is 3.96. The van der Waals surface area contributed by atoms with Crippen molar-refractivity contribution in [3.05, 3.63) is 76.7 Å². The van der Waals surface area contributed by atoms with Crippen molar-refractivity contribution in [3.8, 4) is 22.8 Å². The highest BCUT2D eigenvalue weighted by atomic mass is 35.5. The van der Waals surface area contributed by atoms with Gasteiger partial charge < -0.3 is 24.4 Å². The molecule has 2 aliphatic heterocycles. The Kier molecular flexibility index (Phi) is 8.53. The number of halogens is 1. The molecular weight excluding hydrogens is 654 g/mol. The maximum absolute atomic E-state index is 6.46. The molecule has 248 valence electrons. The van der Waals surface area contributed by atoms with Gasteiger partial charge in [0.15, 0.2) is 0 Å². The van der Waals surface area contributed by atoms with Crippen molar-refractivity contribution in [1.29, 1.82) is 0 Å². The molecule has 14 nitrogen and oxygen atoms in total. The number of hydrogen-bond donors (Lipinski definition) is 1. The van der Waals surface area contributed by atoms with Gasteiger partial charge in [0, 0.05) is 48.2 Å². The second-order valence-electron chi connectivity index (χ2n) is 12.2. The summed E-state index contributed by atoms with van der Waals surface area (Å²) in [6, 6.07) is 6.94. The van der Waals surface area contributed by atoms with Crippen LogP contribution < -0.4 is 14.8 Å². The Morgan fingerprint density at radius 1 is 1.08 bits per heavy atom. The van der Waals surface area contributed by atoms with E-state index in [1.54, 1.807) is 47.0 Å². The maximum Gasteiger partial charge on any atom is 0.257 e. The van der Waals surface area contributed by atoms with E-state index in [-0.39, 0.29) is 12.1 Å². The van der Waals surface area contributed by atoms with E-state index in [0.717, 1.165) is 60.6 Å². The number of nitrogens with zero attached hydrogens (tertiary/aromatic N) is 10. The number of rotatable bonds is 12. The molecule has 0 radical (unpaired) electrons. The first kappa shape index (κ1) is 30.6. The Morgan fingerprint density at radius 3 is 2.67 bits per heavy atom. The van der Waals surface area contributed by atoms with Crippen LogP contribution >= 0.6 is 22.9 Å². The van der Waals surface area contributed by atoms with Gasteiger partial charge in [0.05, 0.1) is 29.8 Å². The highest BCUT2D eigenvalue weighted by Crippen LogP contribution is 2.39. The minimum absolute atomic E-state index is 0.208. The number of hydrogen-bond acceptors (Lipinski definition) is 13. The van der Waals surface area contributed by atoms with Crippen LogP contribution in [0.25, 0.3) is 11.1 Å². The molecule has 8 rings (SSSR count). The summed E-state index contributed by atoms with van der Waals surface area (Å²) in [5.74, 6) is 2.62. The van der Waals surface area contributed by atoms with Crippen molar-refractivity contribution < 1.29 is 14.2 Å². The van der Waals surface area contributed by atoms with E-state index in [9.17, 15) is 0 Å². The van der Waals surface area contributed by atoms with Gasteiger partial charge in [0.25, 0.3) is 5.88 Å². The molecule has 6 heterocycles. The van der Waals surface area contributed by atoms with Crippen LogP contribution in [0.2, 0.25) is 5.02 Å². The zero-order valence-electron chi connectivity index (χ0n) is 26.2. The number of nitrogens with one attached hydrogen (secondary N) is 1. The molecule has 1 aromatic carbocycles. The highest BCUT2D eigenvalue weighted by molar-refractivity contribution is 7.09. The van der Waals surface area contributed by atoms with Crippen molar-refractivity contribution in [2.45, 2.75) is 76.4 Å². The van der Waals surface area contributed by atoms with E-state index >= 15 is 0 Å². The third kappa shape index (κ3) is 6.65. The zero-order chi connectivity index (χ0) is 32.5. The van der Waals surface area contributed by atoms with Gasteiger partial charge in [0.2, 0.25) is 5.95 Å². The molecule has 0 spiro atoms. The van der Waals surface area contributed by atoms with E-state index in [1.165, 1.54) is 0 Å². The Labute approximate surface area is 285 Å². The average molecular weight is 688 g/mol. The minimum atomic E-state index is -0.208. The second-order valence-corrected chi connectivity index (χ2v) is 13.6. The van der Waals surface area contributed by atoms with E-state index in [2.05, 4.69) is 46.9 Å². The first-order valence-electron chi connectivity index (χ1n) is 16.0. The fourth-order valence-corrected chi connectivity index (χ4v) is 7.25. The molecule has 1 aliphatic carbocycles. The predicted octanol–water partition coefficient (Wildman–Crippen LogP) is 5.66. The van der Waals surface area contributed by atoms with Crippen molar-refractivity contribution in [2.24, 2.45) is 0 Å². The smallest absolute Gasteiger partial charge is 0.257 e. The number of anilines is 2. The van der Waals surface area contributed by atoms with Crippen LogP contribution in [0.15, 0.2) is 66.7 Å². The van der Waals surface area contributed by atoms with Gasteiger partial charge in [-0.15, -0.1) is 21.5 Å². The summed E-state index contributed by atoms with van der Waals surface area (Å²) in [5, 5.41) is 22.8. The lowest BCUT2D eigenvalue weighted by Gasteiger charge is -2.38. The number of ether oxygens (including phenoxy) is 3. The van der Waals surface area contributed by atoms with Crippen LogP contribution in [-0.2, 0) is 17.9 Å². The highest BCUT2D eigenvalue weighted by Gasteiger charge is 2.38. The first-order valence-corrected chi connectivity index (χ1v) is 17.3. The Bertz CT molecular complexity index is 1860. The fraction of sp³-hybridized carbons (Fsp3) is 0.406. The molecule has 5 aromatic rings. The summed E-state index contributed by atoms with van der Waals surface area (Å²) in [6.45, 7) is 3.57. The first-order chi connectivity index (χ1) is 23.5. The summed E-state index contributed by atoms with van der Waals surface area (Å²) in [6.07, 6.45) is 16.2. The summed E-state index contributed by atoms with van der Waals surface area (Å²) in [7, 11) is 0. The monoisotopic (exact) mass is 687 g/mol. The summed E-state index contributed by atoms with van der Waals surface area (Å²) in [5.41, 5.74) is 2.40. The quantitative estimate of drug-likeness (QED) is 0.173. The Hall–Kier alpha value is -4.76. The zero-order valence-corrected chi connectivity index (χ0v) is 27.8. The molecule has 16 heteroatoms. The van der Waals surface area contributed by atoms with Gasteiger partial charge in [-0.05, 0) is 60.7 Å². The molecular formula is C32H34ClN11O3S. The van der Waals surface area contributed by atoms with Crippen molar-refractivity contribution in [2.75, 3.05) is 11.9 Å². The van der Waals surface area contributed by atoms with Crippen LogP contribution in [0.3, 0.4) is 0 Å². The Balaban J connectivity index is 0.954. The number of benzene rings is 1. The van der Waals surface area contributed by atoms with Gasteiger partial charge in [-0.1, -0.05) is 17.7 Å². The summed E-state index contributed by atoms with van der Waals surface area (Å²) < 4.78 is 21.6. The van der Waals surface area contributed by atoms with Crippen molar-refractivity contribution in [3.63, 3.8) is 0 Å². The number of thiazole rings is 1. The molecule has 0 unspecified atom stereocenters. The van der Waals surface area contributed by atoms with Crippen LogP contribution in [-0.4, -0.2) is 74.6 Å². The van der Waals surface area contributed by atoms with Gasteiger partial charge in [-0.3, -0.25) is 4.68 Å². The van der Waals surface area contributed by atoms with Crippen LogP contribution in [0.1, 0.15) is 50.1 Å². The molecule has 3 aliphatic rings. The summed E-state index contributed by atoms with van der Waals surface area (Å²) in [4.78, 5) is 16.1. The molecule has 1 N–H and O–H groups in total. The Morgan fingerprint density at radius 2 is 1.94 bits per heavy atom. The third-order valence-corrected chi connectivity index (χ3v) is 9.98. The van der Waals surface area contributed by atoms with E-state index in [1.807, 2.05) is 35.3 Å². The van der Waals surface area contributed by atoms with E-state index in [4.69, 9.17) is 30.9 Å². The normalized spacial score (nSPS) is 20.8. The van der Waals surface area contributed by atoms with Crippen LogP contribution in [0.4, 0.5) is 11.6 Å². The molecule has 48 heavy (non-hydrogen) atoms. The molecule has 1 saturated heterocycles. The lowest BCUT2D eigenvalue weighted by atomic mass is 9.90. The molecule has 4 aromatic heterocycles. The third-order valence-electron chi connectivity index (χ3n) is 8.92. The SMILES string of the molecule is C[C@@H](Cn1cnnn1)Oc1cc(-c2cnc(Nc3cn([C@H]4CC[C@H](N5C=C6C[C@@H]5CO6)CC4)nc3OCc3nccs3)nc2)ccc1Cl. The second kappa shape index (κ2) is 13.4. The van der Waals surface area contributed by atoms with Gasteiger partial charge in [0.1, 0.15) is 47.8 Å². The molecule has 2 fully saturated rings. The molecule has 2 atom stereocenters. The molecule has 1 saturated carbocycles. The van der Waals surface area contributed by atoms with Gasteiger partial charge in [-0.25, -0.2) is 19.6 Å². The summed E-state index contributed by atoms with van der Waals surface area (Å²) >= 11 is 8.01. The van der Waals surface area contributed by atoms with Gasteiger partial charge >= 0.3 is 0 Å². The molecule has 2 bridgehead atoms. The number of tetrazole rings is 1.